The maximum atomic E-state index is 13.3. The number of rotatable bonds is 1. The van der Waals surface area contributed by atoms with E-state index in [1.165, 1.54) is 11.3 Å². The van der Waals surface area contributed by atoms with Crippen LogP contribution in [-0.2, 0) is 6.42 Å². The van der Waals surface area contributed by atoms with Crippen molar-refractivity contribution in [3.8, 4) is 16.2 Å². The number of Topliss-reactive ketones (excluding diaryl/α,β-unsaturated/α-hetero) is 1. The van der Waals surface area contributed by atoms with Crippen molar-refractivity contribution in [2.24, 2.45) is 0 Å². The molecule has 5 heteroatoms. The molecule has 1 aliphatic carbocycles. The summed E-state index contributed by atoms with van der Waals surface area (Å²) in [6, 6.07) is 3.85. The molecule has 3 rings (SSSR count). The van der Waals surface area contributed by atoms with Gasteiger partial charge in [0.05, 0.1) is 0 Å². The van der Waals surface area contributed by atoms with Gasteiger partial charge in [0.25, 0.3) is 0 Å². The summed E-state index contributed by atoms with van der Waals surface area (Å²) in [4.78, 5) is 13.4. The van der Waals surface area contributed by atoms with Gasteiger partial charge in [-0.15, -0.1) is 11.3 Å². The zero-order chi connectivity index (χ0) is 13.6. The highest BCUT2D eigenvalue weighted by Gasteiger charge is 2.21. The van der Waals surface area contributed by atoms with Crippen LogP contribution in [0.2, 0.25) is 0 Å². The van der Waals surface area contributed by atoms with Gasteiger partial charge in [-0.05, 0) is 36.6 Å². The highest BCUT2D eigenvalue weighted by atomic mass is 32.1. The summed E-state index contributed by atoms with van der Waals surface area (Å²) in [6.07, 6.45) is 2.18. The number of ketones is 1. The Balaban J connectivity index is 2.10. The Hall–Kier alpha value is -1.75. The molecule has 19 heavy (non-hydrogen) atoms. The molecule has 1 aromatic heterocycles. The lowest BCUT2D eigenvalue weighted by atomic mass is 9.97. The molecule has 0 unspecified atom stereocenters. The Labute approximate surface area is 112 Å². The van der Waals surface area contributed by atoms with Crippen molar-refractivity contribution in [3.63, 3.8) is 0 Å². The first-order valence-corrected chi connectivity index (χ1v) is 6.72. The summed E-state index contributed by atoms with van der Waals surface area (Å²) in [7, 11) is 0. The third-order valence-electron chi connectivity index (χ3n) is 3.22. The van der Waals surface area contributed by atoms with E-state index in [4.69, 9.17) is 5.11 Å². The molecule has 1 aromatic carbocycles. The average Bonchev–Trinajstić information content (AvgIpc) is 2.81. The number of halogens is 2. The van der Waals surface area contributed by atoms with E-state index in [-0.39, 0.29) is 5.78 Å². The summed E-state index contributed by atoms with van der Waals surface area (Å²) in [5.41, 5.74) is 1.01. The number of thiophene rings is 1. The predicted octanol–water partition coefficient (Wildman–Crippen LogP) is 3.92. The minimum absolute atomic E-state index is 0.0865. The molecule has 98 valence electrons. The summed E-state index contributed by atoms with van der Waals surface area (Å²) in [6.45, 7) is 0. The van der Waals surface area contributed by atoms with Gasteiger partial charge >= 0.3 is 0 Å². The molecule has 2 nitrogen and oxygen atoms in total. The largest absolute Gasteiger partial charge is 0.503 e. The topological polar surface area (TPSA) is 37.3 Å². The third kappa shape index (κ3) is 2.04. The molecule has 0 radical (unpaired) electrons. The molecule has 0 spiro atoms. The number of hydrogen-bond donors (Lipinski definition) is 1. The second kappa shape index (κ2) is 4.42. The van der Waals surface area contributed by atoms with Gasteiger partial charge in [0.1, 0.15) is 0 Å². The fraction of sp³-hybridized carbons (Fsp3) is 0.214. The third-order valence-corrected chi connectivity index (χ3v) is 4.46. The van der Waals surface area contributed by atoms with Crippen molar-refractivity contribution in [3.05, 3.63) is 40.3 Å². The SMILES string of the molecule is O=C1CCCc2sc(-c3cc(F)c(O)c(F)c3)cc21. The molecule has 0 saturated heterocycles. The van der Waals surface area contributed by atoms with Crippen LogP contribution in [0.1, 0.15) is 28.1 Å². The first-order valence-electron chi connectivity index (χ1n) is 5.90. The smallest absolute Gasteiger partial charge is 0.187 e. The maximum Gasteiger partial charge on any atom is 0.187 e. The summed E-state index contributed by atoms with van der Waals surface area (Å²) < 4.78 is 26.7. The van der Waals surface area contributed by atoms with E-state index < -0.39 is 17.4 Å². The van der Waals surface area contributed by atoms with E-state index in [1.807, 2.05) is 0 Å². The molecular weight excluding hydrogens is 270 g/mol. The van der Waals surface area contributed by atoms with Gasteiger partial charge in [0.15, 0.2) is 23.2 Å². The Morgan fingerprint density at radius 1 is 1.11 bits per heavy atom. The van der Waals surface area contributed by atoms with Crippen LogP contribution in [0.4, 0.5) is 8.78 Å². The molecule has 1 aliphatic rings. The fourth-order valence-corrected chi connectivity index (χ4v) is 3.45. The van der Waals surface area contributed by atoms with E-state index >= 15 is 0 Å². The van der Waals surface area contributed by atoms with E-state index in [0.29, 0.717) is 22.4 Å². The quantitative estimate of drug-likeness (QED) is 0.859. The van der Waals surface area contributed by atoms with Gasteiger partial charge in [-0.25, -0.2) is 8.78 Å². The first kappa shape index (κ1) is 12.3. The molecule has 0 saturated carbocycles. The predicted molar refractivity (Wildman–Crippen MR) is 68.6 cm³/mol. The van der Waals surface area contributed by atoms with Crippen LogP contribution >= 0.6 is 11.3 Å². The van der Waals surface area contributed by atoms with Gasteiger partial charge in [-0.3, -0.25) is 4.79 Å². The zero-order valence-corrected chi connectivity index (χ0v) is 10.7. The van der Waals surface area contributed by atoms with E-state index in [0.717, 1.165) is 29.9 Å². The number of phenolic OH excluding ortho intramolecular Hbond substituents is 1. The van der Waals surface area contributed by atoms with E-state index in [2.05, 4.69) is 0 Å². The number of aromatic hydroxyl groups is 1. The van der Waals surface area contributed by atoms with Gasteiger partial charge in [0, 0.05) is 21.7 Å². The van der Waals surface area contributed by atoms with Crippen molar-refractivity contribution in [1.82, 2.24) is 0 Å². The lowest BCUT2D eigenvalue weighted by Crippen LogP contribution is -2.06. The average molecular weight is 280 g/mol. The van der Waals surface area contributed by atoms with Crippen molar-refractivity contribution in [2.75, 3.05) is 0 Å². The van der Waals surface area contributed by atoms with Gasteiger partial charge in [-0.1, -0.05) is 0 Å². The molecule has 2 aromatic rings. The molecule has 0 amide bonds. The van der Waals surface area contributed by atoms with E-state index in [9.17, 15) is 13.6 Å². The minimum Gasteiger partial charge on any atom is -0.503 e. The number of hydrogen-bond acceptors (Lipinski definition) is 3. The van der Waals surface area contributed by atoms with Crippen LogP contribution in [0, 0.1) is 11.6 Å². The Kier molecular flexibility index (Phi) is 2.86. The molecular formula is C14H10F2O2S. The number of aryl methyl sites for hydroxylation is 1. The lowest BCUT2D eigenvalue weighted by Gasteiger charge is -2.07. The van der Waals surface area contributed by atoms with Gasteiger partial charge in [-0.2, -0.15) is 0 Å². The number of phenols is 1. The van der Waals surface area contributed by atoms with E-state index in [1.54, 1.807) is 6.07 Å². The van der Waals surface area contributed by atoms with Crippen LogP contribution in [-0.4, -0.2) is 10.9 Å². The van der Waals surface area contributed by atoms with Gasteiger partial charge in [0.2, 0.25) is 0 Å². The van der Waals surface area contributed by atoms with Crippen molar-refractivity contribution in [2.45, 2.75) is 19.3 Å². The number of carbonyl (C=O) groups is 1. The molecule has 1 N–H and O–H groups in total. The number of benzene rings is 1. The molecule has 1 heterocycles. The molecule has 0 fully saturated rings. The number of fused-ring (bicyclic) bond motifs is 1. The molecule has 0 atom stereocenters. The maximum absolute atomic E-state index is 13.3. The number of carbonyl (C=O) groups excluding carboxylic acids is 1. The van der Waals surface area contributed by atoms with Crippen LogP contribution in [0.15, 0.2) is 18.2 Å². The highest BCUT2D eigenvalue weighted by molar-refractivity contribution is 7.15. The van der Waals surface area contributed by atoms with Crippen molar-refractivity contribution in [1.29, 1.82) is 0 Å². The summed E-state index contributed by atoms with van der Waals surface area (Å²) >= 11 is 1.38. The second-order valence-corrected chi connectivity index (χ2v) is 5.65. The molecule has 0 aliphatic heterocycles. The van der Waals surface area contributed by atoms with Crippen molar-refractivity contribution >= 4 is 17.1 Å². The van der Waals surface area contributed by atoms with Crippen LogP contribution in [0.3, 0.4) is 0 Å². The van der Waals surface area contributed by atoms with Crippen LogP contribution in [0.5, 0.6) is 5.75 Å². The lowest BCUT2D eigenvalue weighted by molar-refractivity contribution is 0.0973. The Morgan fingerprint density at radius 3 is 2.42 bits per heavy atom. The Morgan fingerprint density at radius 2 is 1.79 bits per heavy atom. The van der Waals surface area contributed by atoms with Crippen molar-refractivity contribution < 1.29 is 18.7 Å². The monoisotopic (exact) mass is 280 g/mol. The Bertz CT molecular complexity index is 653. The zero-order valence-electron chi connectivity index (χ0n) is 9.87. The second-order valence-electron chi connectivity index (χ2n) is 4.51. The highest BCUT2D eigenvalue weighted by Crippen LogP contribution is 2.37. The fourth-order valence-electron chi connectivity index (χ4n) is 2.24. The van der Waals surface area contributed by atoms with Crippen LogP contribution in [0.25, 0.3) is 10.4 Å². The van der Waals surface area contributed by atoms with Gasteiger partial charge < -0.3 is 5.11 Å². The summed E-state index contributed by atoms with van der Waals surface area (Å²) in [5.74, 6) is -2.87. The summed E-state index contributed by atoms with van der Waals surface area (Å²) in [5, 5.41) is 9.08. The standard InChI is InChI=1S/C14H10F2O2S/c15-9-4-7(5-10(16)14(9)18)13-6-8-11(17)2-1-3-12(8)19-13/h4-6,18H,1-3H2. The normalized spacial score (nSPS) is 14.5. The van der Waals surface area contributed by atoms with Crippen LogP contribution < -0.4 is 0 Å². The first-order chi connectivity index (χ1) is 9.06. The molecule has 0 bridgehead atoms. The minimum atomic E-state index is -0.993.